The summed E-state index contributed by atoms with van der Waals surface area (Å²) in [4.78, 5) is 26.1. The molecule has 1 atom stereocenters. The van der Waals surface area contributed by atoms with Crippen LogP contribution in [-0.4, -0.2) is 23.0 Å². The van der Waals surface area contributed by atoms with Crippen molar-refractivity contribution in [1.29, 1.82) is 0 Å². The maximum absolute atomic E-state index is 13.5. The summed E-state index contributed by atoms with van der Waals surface area (Å²) in [6.45, 7) is 5.92. The molecule has 0 saturated carbocycles. The van der Waals surface area contributed by atoms with E-state index in [1.165, 1.54) is 23.1 Å². The van der Waals surface area contributed by atoms with Crippen molar-refractivity contribution in [2.45, 2.75) is 45.1 Å². The van der Waals surface area contributed by atoms with Crippen LogP contribution >= 0.6 is 0 Å². The van der Waals surface area contributed by atoms with E-state index < -0.39 is 11.9 Å². The molecule has 6 nitrogen and oxygen atoms in total. The number of aromatic nitrogens is 1. The third-order valence-corrected chi connectivity index (χ3v) is 4.10. The predicted molar refractivity (Wildman–Crippen MR) is 90.7 cm³/mol. The van der Waals surface area contributed by atoms with Crippen molar-refractivity contribution in [1.82, 2.24) is 5.16 Å². The van der Waals surface area contributed by atoms with Crippen LogP contribution in [0.15, 0.2) is 34.9 Å². The highest BCUT2D eigenvalue weighted by Crippen LogP contribution is 2.29. The highest BCUT2D eigenvalue weighted by molar-refractivity contribution is 6.07. The maximum atomic E-state index is 13.5. The quantitative estimate of drug-likeness (QED) is 0.926. The fraction of sp³-hybridized carbons (Fsp3) is 0.389. The molecular weight excluding hydrogens is 325 g/mol. The van der Waals surface area contributed by atoms with Gasteiger partial charge in [-0.3, -0.25) is 14.5 Å². The van der Waals surface area contributed by atoms with Crippen LogP contribution < -0.4 is 10.2 Å². The monoisotopic (exact) mass is 345 g/mol. The van der Waals surface area contributed by atoms with Crippen LogP contribution in [0.1, 0.15) is 39.4 Å². The van der Waals surface area contributed by atoms with E-state index in [2.05, 4.69) is 10.5 Å². The normalized spacial score (nSPS) is 17.8. The minimum absolute atomic E-state index is 0.207. The van der Waals surface area contributed by atoms with Gasteiger partial charge in [0.1, 0.15) is 17.6 Å². The smallest absolute Gasteiger partial charge is 0.248 e. The van der Waals surface area contributed by atoms with Crippen LogP contribution in [0.3, 0.4) is 0 Å². The Morgan fingerprint density at radius 3 is 2.76 bits per heavy atom. The van der Waals surface area contributed by atoms with Gasteiger partial charge in [0.2, 0.25) is 11.8 Å². The van der Waals surface area contributed by atoms with Gasteiger partial charge in [-0.2, -0.15) is 0 Å². The fourth-order valence-corrected chi connectivity index (χ4v) is 2.78. The number of hydrogen-bond acceptors (Lipinski definition) is 4. The third-order valence-electron chi connectivity index (χ3n) is 4.10. The van der Waals surface area contributed by atoms with Crippen molar-refractivity contribution < 1.29 is 18.5 Å². The van der Waals surface area contributed by atoms with Crippen molar-refractivity contribution in [3.05, 3.63) is 41.9 Å². The molecule has 0 bridgehead atoms. The van der Waals surface area contributed by atoms with Gasteiger partial charge in [0, 0.05) is 23.6 Å². The minimum Gasteiger partial charge on any atom is -0.359 e. The van der Waals surface area contributed by atoms with Gasteiger partial charge in [-0.15, -0.1) is 0 Å². The molecular formula is C18H20FN3O3. The molecule has 0 spiro atoms. The standard InChI is InChI=1S/C18H20FN3O3/c1-18(2,3)14-10-15(21-25-14)20-17(24)13-7-8-16(23)22(13)12-6-4-5-11(19)9-12/h4-6,9-10,13H,7-8H2,1-3H3,(H,20,21,24)/t13-/m0/s1. The Hall–Kier alpha value is -2.70. The summed E-state index contributed by atoms with van der Waals surface area (Å²) in [5.74, 6) is -0.0893. The van der Waals surface area contributed by atoms with Crippen molar-refractivity contribution in [3.63, 3.8) is 0 Å². The van der Waals surface area contributed by atoms with E-state index in [9.17, 15) is 14.0 Å². The number of rotatable bonds is 3. The first-order chi connectivity index (χ1) is 11.8. The van der Waals surface area contributed by atoms with E-state index in [-0.39, 0.29) is 23.7 Å². The molecule has 1 aromatic heterocycles. The lowest BCUT2D eigenvalue weighted by Gasteiger charge is -2.23. The summed E-state index contributed by atoms with van der Waals surface area (Å²) in [5, 5.41) is 6.53. The average Bonchev–Trinajstić information content (AvgIpc) is 3.13. The van der Waals surface area contributed by atoms with Gasteiger partial charge >= 0.3 is 0 Å². The molecule has 1 saturated heterocycles. The predicted octanol–water partition coefficient (Wildman–Crippen LogP) is 3.25. The topological polar surface area (TPSA) is 75.4 Å². The number of halogens is 1. The number of carbonyl (C=O) groups is 2. The summed E-state index contributed by atoms with van der Waals surface area (Å²) < 4.78 is 18.7. The summed E-state index contributed by atoms with van der Waals surface area (Å²) in [5.41, 5.74) is 0.144. The first-order valence-electron chi connectivity index (χ1n) is 8.11. The fourth-order valence-electron chi connectivity index (χ4n) is 2.78. The van der Waals surface area contributed by atoms with Gasteiger partial charge in [-0.25, -0.2) is 4.39 Å². The molecule has 132 valence electrons. The Bertz CT molecular complexity index is 810. The van der Waals surface area contributed by atoms with Gasteiger partial charge in [-0.05, 0) is 24.6 Å². The molecule has 1 aliphatic heterocycles. The average molecular weight is 345 g/mol. The Labute approximate surface area is 145 Å². The molecule has 7 heteroatoms. The number of benzene rings is 1. The number of amides is 2. The van der Waals surface area contributed by atoms with Crippen molar-refractivity contribution >= 4 is 23.3 Å². The molecule has 25 heavy (non-hydrogen) atoms. The lowest BCUT2D eigenvalue weighted by molar-refractivity contribution is -0.120. The molecule has 1 aliphatic rings. The molecule has 2 heterocycles. The van der Waals surface area contributed by atoms with E-state index in [1.807, 2.05) is 20.8 Å². The SMILES string of the molecule is CC(C)(C)c1cc(NC(=O)[C@@H]2CCC(=O)N2c2cccc(F)c2)no1. The van der Waals surface area contributed by atoms with Crippen molar-refractivity contribution in [3.8, 4) is 0 Å². The Kier molecular flexibility index (Phi) is 4.32. The number of anilines is 2. The lowest BCUT2D eigenvalue weighted by atomic mass is 9.93. The summed E-state index contributed by atoms with van der Waals surface area (Å²) in [7, 11) is 0. The van der Waals surface area contributed by atoms with Crippen molar-refractivity contribution in [2.24, 2.45) is 0 Å². The molecule has 0 unspecified atom stereocenters. The van der Waals surface area contributed by atoms with E-state index in [1.54, 1.807) is 12.1 Å². The van der Waals surface area contributed by atoms with Crippen LogP contribution in [0.4, 0.5) is 15.9 Å². The van der Waals surface area contributed by atoms with Gasteiger partial charge in [0.15, 0.2) is 5.82 Å². The van der Waals surface area contributed by atoms with Gasteiger partial charge in [-0.1, -0.05) is 32.0 Å². The molecule has 0 radical (unpaired) electrons. The first kappa shape index (κ1) is 17.1. The molecule has 1 aromatic carbocycles. The molecule has 3 rings (SSSR count). The Morgan fingerprint density at radius 2 is 2.12 bits per heavy atom. The Balaban J connectivity index is 1.79. The van der Waals surface area contributed by atoms with E-state index >= 15 is 0 Å². The Morgan fingerprint density at radius 1 is 1.36 bits per heavy atom. The zero-order valence-corrected chi connectivity index (χ0v) is 14.4. The van der Waals surface area contributed by atoms with Gasteiger partial charge in [0.05, 0.1) is 0 Å². The van der Waals surface area contributed by atoms with Crippen LogP contribution in [0, 0.1) is 5.82 Å². The lowest BCUT2D eigenvalue weighted by Crippen LogP contribution is -2.41. The highest BCUT2D eigenvalue weighted by atomic mass is 19.1. The maximum Gasteiger partial charge on any atom is 0.248 e. The molecule has 1 N–H and O–H groups in total. The zero-order valence-electron chi connectivity index (χ0n) is 14.4. The molecule has 2 aromatic rings. The second-order valence-electron chi connectivity index (χ2n) is 7.11. The second kappa shape index (κ2) is 6.31. The number of carbonyl (C=O) groups excluding carboxylic acids is 2. The van der Waals surface area contributed by atoms with Crippen LogP contribution in [0.5, 0.6) is 0 Å². The molecule has 0 aliphatic carbocycles. The highest BCUT2D eigenvalue weighted by Gasteiger charge is 2.37. The van der Waals surface area contributed by atoms with Crippen LogP contribution in [0.2, 0.25) is 0 Å². The molecule has 2 amide bonds. The third kappa shape index (κ3) is 3.55. The minimum atomic E-state index is -0.705. The summed E-state index contributed by atoms with van der Waals surface area (Å²) in [6, 6.07) is 6.63. The van der Waals surface area contributed by atoms with Gasteiger partial charge < -0.3 is 9.84 Å². The van der Waals surface area contributed by atoms with Crippen LogP contribution in [0.25, 0.3) is 0 Å². The second-order valence-corrected chi connectivity index (χ2v) is 7.11. The van der Waals surface area contributed by atoms with Crippen LogP contribution in [-0.2, 0) is 15.0 Å². The summed E-state index contributed by atoms with van der Waals surface area (Å²) >= 11 is 0. The zero-order chi connectivity index (χ0) is 18.2. The van der Waals surface area contributed by atoms with E-state index in [0.717, 1.165) is 0 Å². The van der Waals surface area contributed by atoms with E-state index in [0.29, 0.717) is 23.7 Å². The van der Waals surface area contributed by atoms with Crippen molar-refractivity contribution in [2.75, 3.05) is 10.2 Å². The molecule has 1 fully saturated rings. The first-order valence-corrected chi connectivity index (χ1v) is 8.11. The van der Waals surface area contributed by atoms with E-state index in [4.69, 9.17) is 4.52 Å². The van der Waals surface area contributed by atoms with Gasteiger partial charge in [0.25, 0.3) is 0 Å². The number of hydrogen-bond donors (Lipinski definition) is 1. The number of nitrogens with one attached hydrogen (secondary N) is 1. The number of nitrogens with zero attached hydrogens (tertiary/aromatic N) is 2. The summed E-state index contributed by atoms with van der Waals surface area (Å²) in [6.07, 6.45) is 0.603. The largest absolute Gasteiger partial charge is 0.359 e.